The van der Waals surface area contributed by atoms with Gasteiger partial charge >= 0.3 is 0 Å². The molecule has 10 N–H and O–H groups in total. The standard InChI is InChI=1S/C27H50N2O11/c1-13(2)6-7-17(39-26-24(35)22(28)23(34)15(5)38-26)8-20-21(25(36)29-16(11-30)12-31)19(33)10-27(37,40-20)9-18(32)14(3)4/h6-7,13-24,26,30-35,37H,8-12,28H2,1-5H3,(H,29,36)/b7-6+/t15?,17-,18+,19-,20-,21+,22?,23?,24?,26?,27+/m0/s1. The summed E-state index contributed by atoms with van der Waals surface area (Å²) in [4.78, 5) is 13.2. The van der Waals surface area contributed by atoms with Gasteiger partial charge in [0, 0.05) is 19.3 Å². The van der Waals surface area contributed by atoms with Crippen LogP contribution in [-0.4, -0.2) is 122 Å². The molecule has 0 spiro atoms. The highest BCUT2D eigenvalue weighted by molar-refractivity contribution is 5.80. The minimum atomic E-state index is -1.97. The largest absolute Gasteiger partial charge is 0.394 e. The zero-order valence-corrected chi connectivity index (χ0v) is 24.0. The van der Waals surface area contributed by atoms with Crippen molar-refractivity contribution in [3.63, 3.8) is 0 Å². The van der Waals surface area contributed by atoms with Crippen LogP contribution >= 0.6 is 0 Å². The van der Waals surface area contributed by atoms with E-state index in [-0.39, 0.29) is 31.1 Å². The van der Waals surface area contributed by atoms with Gasteiger partial charge in [-0.15, -0.1) is 0 Å². The van der Waals surface area contributed by atoms with E-state index >= 15 is 0 Å². The molecule has 0 aliphatic carbocycles. The predicted molar refractivity (Wildman–Crippen MR) is 143 cm³/mol. The van der Waals surface area contributed by atoms with Crippen LogP contribution in [0.5, 0.6) is 0 Å². The molecule has 0 saturated carbocycles. The molecular weight excluding hydrogens is 528 g/mol. The second kappa shape index (κ2) is 15.3. The SMILES string of the molecule is CC(C)/C=C/[C@@H](C[C@@H]1O[C@](O)(C[C@@H](O)C(C)C)C[C@H](O)[C@H]1C(=O)NC(CO)CO)OC1OC(C)C(O)C(N)C1O. The third kappa shape index (κ3) is 9.39. The minimum absolute atomic E-state index is 0.0937. The van der Waals surface area contributed by atoms with Gasteiger partial charge in [-0.1, -0.05) is 39.8 Å². The molecule has 2 rings (SSSR count). The minimum Gasteiger partial charge on any atom is -0.394 e. The fourth-order valence-corrected chi connectivity index (χ4v) is 4.89. The Labute approximate surface area is 235 Å². The van der Waals surface area contributed by atoms with Gasteiger partial charge in [0.25, 0.3) is 0 Å². The Kier molecular flexibility index (Phi) is 13.4. The Morgan fingerprint density at radius 2 is 1.75 bits per heavy atom. The first-order valence-corrected chi connectivity index (χ1v) is 14.0. The van der Waals surface area contributed by atoms with E-state index < -0.39 is 91.9 Å². The van der Waals surface area contributed by atoms with E-state index in [4.69, 9.17) is 19.9 Å². The molecule has 13 heteroatoms. The second-order valence-corrected chi connectivity index (χ2v) is 11.8. The van der Waals surface area contributed by atoms with Crippen molar-refractivity contribution in [3.8, 4) is 0 Å². The summed E-state index contributed by atoms with van der Waals surface area (Å²) in [5.74, 6) is -4.04. The summed E-state index contributed by atoms with van der Waals surface area (Å²) in [6.07, 6.45) is -6.00. The fraction of sp³-hybridized carbons (Fsp3) is 0.889. The van der Waals surface area contributed by atoms with Crippen molar-refractivity contribution in [3.05, 3.63) is 12.2 Å². The van der Waals surface area contributed by atoms with Gasteiger partial charge in [0.1, 0.15) is 6.10 Å². The number of ether oxygens (including phenoxy) is 3. The quantitative estimate of drug-likeness (QED) is 0.109. The van der Waals surface area contributed by atoms with Crippen molar-refractivity contribution in [1.29, 1.82) is 0 Å². The van der Waals surface area contributed by atoms with Crippen LogP contribution in [0.15, 0.2) is 12.2 Å². The van der Waals surface area contributed by atoms with Gasteiger partial charge in [-0.05, 0) is 18.8 Å². The van der Waals surface area contributed by atoms with E-state index in [1.807, 2.05) is 19.9 Å². The molecular formula is C27H50N2O11. The summed E-state index contributed by atoms with van der Waals surface area (Å²) in [7, 11) is 0. The number of aliphatic hydroxyl groups is 7. The maximum Gasteiger partial charge on any atom is 0.228 e. The topological polar surface area (TPSA) is 224 Å². The number of amides is 1. The number of nitrogens with one attached hydrogen (secondary N) is 1. The molecule has 0 bridgehead atoms. The molecule has 0 aromatic rings. The van der Waals surface area contributed by atoms with E-state index in [0.717, 1.165) is 0 Å². The number of aliphatic hydroxyl groups excluding tert-OH is 6. The Morgan fingerprint density at radius 1 is 1.12 bits per heavy atom. The summed E-state index contributed by atoms with van der Waals surface area (Å²) < 4.78 is 17.8. The lowest BCUT2D eigenvalue weighted by molar-refractivity contribution is -0.307. The predicted octanol–water partition coefficient (Wildman–Crippen LogP) is -1.90. The Bertz CT molecular complexity index is 811. The number of carbonyl (C=O) groups is 1. The highest BCUT2D eigenvalue weighted by Gasteiger charge is 2.51. The zero-order valence-electron chi connectivity index (χ0n) is 24.0. The second-order valence-electron chi connectivity index (χ2n) is 11.8. The van der Waals surface area contributed by atoms with Gasteiger partial charge in [-0.25, -0.2) is 0 Å². The molecule has 5 unspecified atom stereocenters. The van der Waals surface area contributed by atoms with Crippen molar-refractivity contribution in [2.45, 2.75) is 121 Å². The van der Waals surface area contributed by atoms with Gasteiger partial charge in [0.15, 0.2) is 12.1 Å². The molecule has 0 aromatic heterocycles. The van der Waals surface area contributed by atoms with Crippen molar-refractivity contribution in [2.24, 2.45) is 23.5 Å². The van der Waals surface area contributed by atoms with E-state index in [2.05, 4.69) is 5.32 Å². The summed E-state index contributed by atoms with van der Waals surface area (Å²) in [6.45, 7) is 7.91. The summed E-state index contributed by atoms with van der Waals surface area (Å²) in [5.41, 5.74) is 5.96. The maximum atomic E-state index is 13.2. The highest BCUT2D eigenvalue weighted by atomic mass is 16.7. The smallest absolute Gasteiger partial charge is 0.228 e. The molecule has 2 aliphatic rings. The van der Waals surface area contributed by atoms with Crippen LogP contribution < -0.4 is 11.1 Å². The summed E-state index contributed by atoms with van der Waals surface area (Å²) in [5, 5.41) is 74.9. The summed E-state index contributed by atoms with van der Waals surface area (Å²) in [6, 6.07) is -2.01. The van der Waals surface area contributed by atoms with Crippen molar-refractivity contribution in [1.82, 2.24) is 5.32 Å². The molecule has 1 amide bonds. The number of hydrogen-bond donors (Lipinski definition) is 9. The van der Waals surface area contributed by atoms with Crippen molar-refractivity contribution in [2.75, 3.05) is 13.2 Å². The Hall–Kier alpha value is -1.23. The molecule has 2 heterocycles. The van der Waals surface area contributed by atoms with Gasteiger partial charge in [0.2, 0.25) is 5.91 Å². The van der Waals surface area contributed by atoms with E-state index in [1.54, 1.807) is 26.8 Å². The van der Waals surface area contributed by atoms with Crippen molar-refractivity contribution < 1.29 is 54.8 Å². The lowest BCUT2D eigenvalue weighted by Gasteiger charge is -2.46. The first-order chi connectivity index (χ1) is 18.6. The van der Waals surface area contributed by atoms with Gasteiger partial charge in [-0.3, -0.25) is 4.79 Å². The number of hydrogen-bond acceptors (Lipinski definition) is 12. The Balaban J connectivity index is 2.39. The van der Waals surface area contributed by atoms with Gasteiger partial charge in [-0.2, -0.15) is 0 Å². The van der Waals surface area contributed by atoms with Crippen LogP contribution in [0.25, 0.3) is 0 Å². The molecule has 2 fully saturated rings. The monoisotopic (exact) mass is 578 g/mol. The van der Waals surface area contributed by atoms with E-state index in [1.165, 1.54) is 0 Å². The normalized spacial score (nSPS) is 36.9. The van der Waals surface area contributed by atoms with Crippen LogP contribution in [0.4, 0.5) is 0 Å². The molecule has 0 radical (unpaired) electrons. The average molecular weight is 579 g/mol. The molecule has 11 atom stereocenters. The first-order valence-electron chi connectivity index (χ1n) is 14.0. The maximum absolute atomic E-state index is 13.2. The van der Waals surface area contributed by atoms with Gasteiger partial charge < -0.3 is 61.0 Å². The van der Waals surface area contributed by atoms with E-state index in [0.29, 0.717) is 0 Å². The molecule has 234 valence electrons. The van der Waals surface area contributed by atoms with Crippen LogP contribution in [0.1, 0.15) is 53.9 Å². The number of allylic oxidation sites excluding steroid dienone is 1. The number of carbonyl (C=O) groups excluding carboxylic acids is 1. The van der Waals surface area contributed by atoms with Gasteiger partial charge in [0.05, 0.1) is 67.8 Å². The van der Waals surface area contributed by atoms with Crippen LogP contribution in [-0.2, 0) is 19.0 Å². The lowest BCUT2D eigenvalue weighted by Crippen LogP contribution is -2.62. The molecule has 0 aromatic carbocycles. The Morgan fingerprint density at radius 3 is 2.30 bits per heavy atom. The zero-order chi connectivity index (χ0) is 30.4. The van der Waals surface area contributed by atoms with Crippen LogP contribution in [0.2, 0.25) is 0 Å². The lowest BCUT2D eigenvalue weighted by atomic mass is 9.81. The first kappa shape index (κ1) is 35.0. The third-order valence-electron chi connectivity index (χ3n) is 7.48. The van der Waals surface area contributed by atoms with Crippen LogP contribution in [0.3, 0.4) is 0 Å². The molecule has 13 nitrogen and oxygen atoms in total. The van der Waals surface area contributed by atoms with E-state index in [9.17, 15) is 40.5 Å². The fourth-order valence-electron chi connectivity index (χ4n) is 4.89. The molecule has 40 heavy (non-hydrogen) atoms. The molecule has 2 saturated heterocycles. The van der Waals surface area contributed by atoms with Crippen molar-refractivity contribution >= 4 is 5.91 Å². The number of rotatable bonds is 13. The molecule has 2 aliphatic heterocycles. The van der Waals surface area contributed by atoms with Crippen LogP contribution in [0, 0.1) is 17.8 Å². The third-order valence-corrected chi connectivity index (χ3v) is 7.48. The number of nitrogens with two attached hydrogens (primary N) is 1. The summed E-state index contributed by atoms with van der Waals surface area (Å²) >= 11 is 0. The highest BCUT2D eigenvalue weighted by Crippen LogP contribution is 2.38. The average Bonchev–Trinajstić information content (AvgIpc) is 2.86.